The molecule has 3 aromatic rings. The van der Waals surface area contributed by atoms with Gasteiger partial charge in [-0.1, -0.05) is 52.3 Å². The summed E-state index contributed by atoms with van der Waals surface area (Å²) in [6, 6.07) is 22.8. The van der Waals surface area contributed by atoms with Crippen molar-refractivity contribution in [3.05, 3.63) is 94.0 Å². The van der Waals surface area contributed by atoms with Gasteiger partial charge in [0.05, 0.1) is 13.7 Å². The second kappa shape index (κ2) is 12.3. The maximum absolute atomic E-state index is 13.8. The summed E-state index contributed by atoms with van der Waals surface area (Å²) in [7, 11) is 1.61. The molecule has 37 heavy (non-hydrogen) atoms. The Balaban J connectivity index is 1.62. The number of aliphatic hydroxyl groups is 1. The van der Waals surface area contributed by atoms with Gasteiger partial charge < -0.3 is 24.6 Å². The fraction of sp³-hybridized carbons (Fsp3) is 0.310. The Hall–Kier alpha value is -3.36. The first-order chi connectivity index (χ1) is 18.0. The highest BCUT2D eigenvalue weighted by Crippen LogP contribution is 2.35. The van der Waals surface area contributed by atoms with Crippen LogP contribution in [0.3, 0.4) is 0 Å². The summed E-state index contributed by atoms with van der Waals surface area (Å²) in [5.41, 5.74) is 1.43. The summed E-state index contributed by atoms with van der Waals surface area (Å²) in [6.45, 7) is 2.70. The fourth-order valence-corrected chi connectivity index (χ4v) is 4.68. The SMILES string of the molecule is COc1ccccc1CNC(=O)[C@]1(Cc2ccccc2Br)N=C(c2ccc(OCCCO)cc2)O[C@@H]1C. The van der Waals surface area contributed by atoms with Crippen molar-refractivity contribution in [2.24, 2.45) is 4.99 Å². The number of carbonyl (C=O) groups is 1. The molecular formula is C29H31BrN2O5. The van der Waals surface area contributed by atoms with Crippen molar-refractivity contribution in [1.82, 2.24) is 5.32 Å². The molecule has 2 atom stereocenters. The topological polar surface area (TPSA) is 89.4 Å². The number of nitrogens with one attached hydrogen (secondary N) is 1. The van der Waals surface area contributed by atoms with Crippen LogP contribution in [0.4, 0.5) is 0 Å². The standard InChI is InChI=1S/C29H31BrN2O5/c1-20-29(18-22-8-3-5-10-25(22)30,28(34)31-19-23-9-4-6-11-26(23)35-2)32-27(37-20)21-12-14-24(15-13-21)36-17-7-16-33/h3-6,8-15,20,33H,7,16-19H2,1-2H3,(H,31,34)/t20-,29-/m1/s1. The van der Waals surface area contributed by atoms with Gasteiger partial charge >= 0.3 is 0 Å². The first-order valence-electron chi connectivity index (χ1n) is 12.2. The van der Waals surface area contributed by atoms with E-state index in [1.807, 2.05) is 79.7 Å². The van der Waals surface area contributed by atoms with E-state index in [4.69, 9.17) is 24.3 Å². The van der Waals surface area contributed by atoms with E-state index in [2.05, 4.69) is 21.2 Å². The summed E-state index contributed by atoms with van der Waals surface area (Å²) >= 11 is 3.62. The zero-order valence-corrected chi connectivity index (χ0v) is 22.5. The zero-order chi connectivity index (χ0) is 26.3. The molecule has 0 aromatic heterocycles. The number of halogens is 1. The molecule has 0 radical (unpaired) electrons. The lowest BCUT2D eigenvalue weighted by Gasteiger charge is -2.28. The Morgan fingerprint density at radius 1 is 1.08 bits per heavy atom. The number of amides is 1. The molecular weight excluding hydrogens is 536 g/mol. The van der Waals surface area contributed by atoms with Crippen LogP contribution in [0, 0.1) is 0 Å². The average molecular weight is 567 g/mol. The van der Waals surface area contributed by atoms with Crippen molar-refractivity contribution in [1.29, 1.82) is 0 Å². The first-order valence-corrected chi connectivity index (χ1v) is 13.0. The molecule has 1 amide bonds. The van der Waals surface area contributed by atoms with E-state index in [0.29, 0.717) is 43.4 Å². The molecule has 0 fully saturated rings. The predicted molar refractivity (Wildman–Crippen MR) is 146 cm³/mol. The molecule has 3 aromatic carbocycles. The molecule has 7 nitrogen and oxygen atoms in total. The molecule has 1 aliphatic heterocycles. The number of methoxy groups -OCH3 is 1. The first kappa shape index (κ1) is 26.7. The maximum Gasteiger partial charge on any atom is 0.252 e. The lowest BCUT2D eigenvalue weighted by atomic mass is 9.86. The number of ether oxygens (including phenoxy) is 3. The number of hydrogen-bond donors (Lipinski definition) is 2. The number of aliphatic imine (C=N–C) groups is 1. The molecule has 1 aliphatic rings. The van der Waals surface area contributed by atoms with E-state index >= 15 is 0 Å². The molecule has 194 valence electrons. The highest BCUT2D eigenvalue weighted by atomic mass is 79.9. The van der Waals surface area contributed by atoms with E-state index in [9.17, 15) is 4.79 Å². The van der Waals surface area contributed by atoms with E-state index < -0.39 is 11.6 Å². The van der Waals surface area contributed by atoms with Gasteiger partial charge in [0, 0.05) is 41.6 Å². The number of carbonyl (C=O) groups excluding carboxylic acids is 1. The lowest BCUT2D eigenvalue weighted by molar-refractivity contribution is -0.128. The predicted octanol–water partition coefficient (Wildman–Crippen LogP) is 4.68. The van der Waals surface area contributed by atoms with Gasteiger partial charge in [-0.2, -0.15) is 0 Å². The zero-order valence-electron chi connectivity index (χ0n) is 20.9. The van der Waals surface area contributed by atoms with Crippen LogP contribution in [0.2, 0.25) is 0 Å². The van der Waals surface area contributed by atoms with Gasteiger partial charge in [0.25, 0.3) is 5.91 Å². The Kier molecular flexibility index (Phi) is 8.84. The Bertz CT molecular complexity index is 1250. The third-order valence-electron chi connectivity index (χ3n) is 6.38. The monoisotopic (exact) mass is 566 g/mol. The number of rotatable bonds is 11. The van der Waals surface area contributed by atoms with Gasteiger partial charge in [-0.25, -0.2) is 4.99 Å². The molecule has 0 spiro atoms. The number of hydrogen-bond acceptors (Lipinski definition) is 6. The van der Waals surface area contributed by atoms with Crippen LogP contribution in [-0.4, -0.2) is 48.9 Å². The third kappa shape index (κ3) is 6.14. The Morgan fingerprint density at radius 3 is 2.49 bits per heavy atom. The van der Waals surface area contributed by atoms with Gasteiger partial charge in [0.2, 0.25) is 5.90 Å². The average Bonchev–Trinajstić information content (AvgIpc) is 3.26. The summed E-state index contributed by atoms with van der Waals surface area (Å²) in [6.07, 6.45) is 0.420. The third-order valence-corrected chi connectivity index (χ3v) is 7.15. The van der Waals surface area contributed by atoms with E-state index in [1.54, 1.807) is 7.11 Å². The summed E-state index contributed by atoms with van der Waals surface area (Å²) < 4.78 is 18.2. The van der Waals surface area contributed by atoms with E-state index in [1.165, 1.54) is 0 Å². The minimum Gasteiger partial charge on any atom is -0.496 e. The van der Waals surface area contributed by atoms with Crippen molar-refractivity contribution in [2.75, 3.05) is 20.3 Å². The number of aliphatic hydroxyl groups excluding tert-OH is 1. The van der Waals surface area contributed by atoms with Crippen LogP contribution in [0.1, 0.15) is 30.0 Å². The van der Waals surface area contributed by atoms with Crippen molar-refractivity contribution in [2.45, 2.75) is 38.0 Å². The number of benzene rings is 3. The highest BCUT2D eigenvalue weighted by Gasteiger charge is 2.50. The van der Waals surface area contributed by atoms with Gasteiger partial charge in [-0.15, -0.1) is 0 Å². The molecule has 1 heterocycles. The quantitative estimate of drug-likeness (QED) is 0.329. The molecule has 4 rings (SSSR count). The van der Waals surface area contributed by atoms with Crippen LogP contribution in [0.5, 0.6) is 11.5 Å². The van der Waals surface area contributed by atoms with Gasteiger partial charge in [0.1, 0.15) is 17.6 Å². The largest absolute Gasteiger partial charge is 0.496 e. The molecule has 0 saturated heterocycles. The van der Waals surface area contributed by atoms with Crippen LogP contribution < -0.4 is 14.8 Å². The fourth-order valence-electron chi connectivity index (χ4n) is 4.25. The number of para-hydroxylation sites is 1. The Labute approximate surface area is 225 Å². The normalized spacial score (nSPS) is 18.6. The minimum atomic E-state index is -1.17. The molecule has 0 saturated carbocycles. The molecule has 0 bridgehead atoms. The van der Waals surface area contributed by atoms with Crippen molar-refractivity contribution in [3.8, 4) is 11.5 Å². The molecule has 2 N–H and O–H groups in total. The van der Waals surface area contributed by atoms with Crippen LogP contribution in [-0.2, 0) is 22.5 Å². The van der Waals surface area contributed by atoms with Gasteiger partial charge in [0.15, 0.2) is 5.54 Å². The van der Waals surface area contributed by atoms with Gasteiger partial charge in [-0.05, 0) is 48.9 Å². The maximum atomic E-state index is 13.8. The second-order valence-electron chi connectivity index (χ2n) is 8.81. The van der Waals surface area contributed by atoms with Crippen LogP contribution in [0.25, 0.3) is 0 Å². The van der Waals surface area contributed by atoms with Crippen LogP contribution >= 0.6 is 15.9 Å². The second-order valence-corrected chi connectivity index (χ2v) is 9.67. The van der Waals surface area contributed by atoms with Crippen molar-refractivity contribution >= 4 is 27.7 Å². The summed E-state index contributed by atoms with van der Waals surface area (Å²) in [5.74, 6) is 1.59. The van der Waals surface area contributed by atoms with Crippen molar-refractivity contribution < 1.29 is 24.1 Å². The van der Waals surface area contributed by atoms with E-state index in [0.717, 1.165) is 21.2 Å². The molecule has 8 heteroatoms. The summed E-state index contributed by atoms with van der Waals surface area (Å²) in [5, 5.41) is 12.0. The smallest absolute Gasteiger partial charge is 0.252 e. The molecule has 0 aliphatic carbocycles. The van der Waals surface area contributed by atoms with Crippen LogP contribution in [0.15, 0.2) is 82.3 Å². The van der Waals surface area contributed by atoms with Crippen molar-refractivity contribution in [3.63, 3.8) is 0 Å². The highest BCUT2D eigenvalue weighted by molar-refractivity contribution is 9.10. The van der Waals surface area contributed by atoms with Gasteiger partial charge in [-0.3, -0.25) is 4.79 Å². The minimum absolute atomic E-state index is 0.0827. The Morgan fingerprint density at radius 2 is 1.78 bits per heavy atom. The number of nitrogens with zero attached hydrogens (tertiary/aromatic N) is 1. The summed E-state index contributed by atoms with van der Waals surface area (Å²) in [4.78, 5) is 18.8. The van der Waals surface area contributed by atoms with E-state index in [-0.39, 0.29) is 12.5 Å². The lowest BCUT2D eigenvalue weighted by Crippen LogP contribution is -2.52. The molecule has 0 unspecified atom stereocenters.